The average molecular weight is 1340 g/mol. The molecule has 16 aromatic rings. The van der Waals surface area contributed by atoms with Gasteiger partial charge >= 0.3 is 0 Å². The maximum atomic E-state index is 8.75. The minimum atomic E-state index is 0.0151. The van der Waals surface area contributed by atoms with E-state index in [1.54, 1.807) is 29.5 Å². The molecule has 0 radical (unpaired) electrons. The first-order valence-corrected chi connectivity index (χ1v) is 33.9. The van der Waals surface area contributed by atoms with Gasteiger partial charge in [-0.2, -0.15) is 40.8 Å². The summed E-state index contributed by atoms with van der Waals surface area (Å²) in [5.41, 5.74) is 40.0. The van der Waals surface area contributed by atoms with Gasteiger partial charge < -0.3 is 37.5 Å². The molecular weight excluding hydrogens is 1260 g/mol. The number of H-pyrrole nitrogens is 4. The number of nitrogens with two attached hydrogens (primary N) is 4. The zero-order chi connectivity index (χ0) is 68.4. The van der Waals surface area contributed by atoms with Crippen molar-refractivity contribution in [2.45, 2.75) is 91.4 Å². The lowest BCUT2D eigenvalue weighted by Gasteiger charge is -2.11. The molecule has 18 rings (SSSR count). The minimum absolute atomic E-state index is 0.0151. The van der Waals surface area contributed by atoms with Gasteiger partial charge in [-0.1, -0.05) is 45.0 Å². The highest BCUT2D eigenvalue weighted by molar-refractivity contribution is 6.11. The molecule has 100 heavy (non-hydrogen) atoms. The largest absolute Gasteiger partial charge is 0.394 e. The van der Waals surface area contributed by atoms with E-state index in [1.165, 1.54) is 38.5 Å². The predicted octanol–water partition coefficient (Wildman–Crippen LogP) is 12.2. The number of aliphatic hydroxyl groups is 1. The topological polar surface area (TPSA) is 380 Å². The van der Waals surface area contributed by atoms with Crippen LogP contribution in [-0.2, 0) is 29.1 Å². The predicted molar refractivity (Wildman–Crippen MR) is 391 cm³/mol. The van der Waals surface area contributed by atoms with Crippen molar-refractivity contribution in [2.75, 3.05) is 56.0 Å². The van der Waals surface area contributed by atoms with Gasteiger partial charge in [0.2, 0.25) is 0 Å². The van der Waals surface area contributed by atoms with Crippen molar-refractivity contribution >= 4 is 110 Å². The maximum Gasteiger partial charge on any atom is 0.135 e. The van der Waals surface area contributed by atoms with Gasteiger partial charge in [-0.25, -0.2) is 19.9 Å². The molecule has 2 aliphatic rings. The number of benzene rings is 4. The highest BCUT2D eigenvalue weighted by atomic mass is 16.5. The van der Waals surface area contributed by atoms with Crippen LogP contribution in [0.1, 0.15) is 71.8 Å². The molecule has 0 amide bonds. The molecular formula is C73H78N24O3. The highest BCUT2D eigenvalue weighted by Gasteiger charge is 2.41. The van der Waals surface area contributed by atoms with E-state index >= 15 is 0 Å². The molecule has 2 saturated carbocycles. The molecule has 508 valence electrons. The number of nitrogens with zero attached hydrogens (tertiary/aromatic N) is 16. The van der Waals surface area contributed by atoms with E-state index in [1.807, 2.05) is 89.9 Å². The summed E-state index contributed by atoms with van der Waals surface area (Å²) < 4.78 is 18.7. The first kappa shape index (κ1) is 64.3. The number of anilines is 4. The van der Waals surface area contributed by atoms with Crippen LogP contribution >= 0.6 is 0 Å². The number of nitrogen functional groups attached to an aromatic ring is 4. The monoisotopic (exact) mass is 1340 g/mol. The molecule has 12 aromatic heterocycles. The van der Waals surface area contributed by atoms with Crippen LogP contribution in [0.4, 0.5) is 23.3 Å². The summed E-state index contributed by atoms with van der Waals surface area (Å²) in [5, 5.41) is 63.3. The quantitative estimate of drug-likeness (QED) is 0.0360. The summed E-state index contributed by atoms with van der Waals surface area (Å²) in [6, 6.07) is 32.6. The maximum absolute atomic E-state index is 8.75. The van der Waals surface area contributed by atoms with Crippen LogP contribution in [0.2, 0.25) is 0 Å². The summed E-state index contributed by atoms with van der Waals surface area (Å²) in [5.74, 6) is 2.79. The Morgan fingerprint density at radius 3 is 1.19 bits per heavy atom. The van der Waals surface area contributed by atoms with Crippen molar-refractivity contribution < 1.29 is 14.6 Å². The molecule has 4 aromatic carbocycles. The van der Waals surface area contributed by atoms with Gasteiger partial charge in [0.15, 0.2) is 0 Å². The van der Waals surface area contributed by atoms with Crippen molar-refractivity contribution in [3.8, 4) is 45.0 Å². The number of rotatable bonds is 18. The van der Waals surface area contributed by atoms with Gasteiger partial charge in [0.05, 0.1) is 112 Å². The Labute approximate surface area is 572 Å². The third-order valence-corrected chi connectivity index (χ3v) is 19.1. The standard InChI is InChI=1S/2C19H20N6.C18H20N6O.C17H18N6O2/c1-11-2-4-13(8-11)25-10-15-18(24-25)14-5-3-12(16-6-7-21-23-16)9-17(14)22-19(15)20;1-2-19(6-7-19)11-25-10-14-17(24-25)13-4-3-12(15-5-8-21-23-15)9-16(13)22-18(14)20;1-2-8-25-9-7-24-11-14-17(23-24)13-4-3-12(15-5-6-20-22-15)10-16(13)21-18(14)19;18-17-13-10-23(5-7-25-8-6-24)22-16(13)12-2-1-11(9-15(12)20-17)14-3-4-19-21-14/h3,5-7,9-11,13H,2,4,8H2,1H3,(H2,20,22)(H,21,23);3-5,8-10H,2,6-7,11H2,1H3,(H2,20,22)(H,21,23);3-6,10-11H,2,7-9H2,1H3,(H2,19,21)(H,20,22);1-4,9-10,24H,5-8H2,(H2,18,20)(H,19,21). The number of ether oxygens (including phenoxy) is 2. The van der Waals surface area contributed by atoms with Gasteiger partial charge in [0.25, 0.3) is 0 Å². The van der Waals surface area contributed by atoms with E-state index in [0.717, 1.165) is 158 Å². The molecule has 13 N–H and O–H groups in total. The molecule has 12 heterocycles. The molecule has 2 atom stereocenters. The molecule has 2 aliphatic carbocycles. The lowest BCUT2D eigenvalue weighted by atomic mass is 10.0. The number of aliphatic hydroxyl groups excluding tert-OH is 1. The summed E-state index contributed by atoms with van der Waals surface area (Å²) in [6.07, 6.45) is 23.3. The second kappa shape index (κ2) is 27.7. The fraction of sp³-hybridized carbons (Fsp3) is 0.288. The molecule has 27 heteroatoms. The smallest absolute Gasteiger partial charge is 0.135 e. The fourth-order valence-corrected chi connectivity index (χ4v) is 13.4. The van der Waals surface area contributed by atoms with Gasteiger partial charge in [0, 0.05) is 107 Å². The Morgan fingerprint density at radius 2 is 0.840 bits per heavy atom. The van der Waals surface area contributed by atoms with Crippen LogP contribution in [0, 0.1) is 11.3 Å². The van der Waals surface area contributed by atoms with Crippen molar-refractivity contribution in [3.05, 3.63) is 147 Å². The van der Waals surface area contributed by atoms with Crippen LogP contribution in [-0.4, -0.2) is 138 Å². The van der Waals surface area contributed by atoms with E-state index in [4.69, 9.17) is 47.7 Å². The minimum Gasteiger partial charge on any atom is -0.394 e. The van der Waals surface area contributed by atoms with Crippen molar-refractivity contribution in [1.82, 2.24) is 99.8 Å². The van der Waals surface area contributed by atoms with Crippen LogP contribution in [0.5, 0.6) is 0 Å². The van der Waals surface area contributed by atoms with Crippen LogP contribution < -0.4 is 22.9 Å². The third kappa shape index (κ3) is 13.2. The second-order valence-electron chi connectivity index (χ2n) is 25.9. The lowest BCUT2D eigenvalue weighted by molar-refractivity contribution is 0.0855. The Hall–Kier alpha value is -11.7. The lowest BCUT2D eigenvalue weighted by Crippen LogP contribution is -2.10. The zero-order valence-corrected chi connectivity index (χ0v) is 55.8. The normalized spacial score (nSPS) is 14.9. The molecule has 0 bridgehead atoms. The van der Waals surface area contributed by atoms with Gasteiger partial charge in [0.1, 0.15) is 45.3 Å². The van der Waals surface area contributed by atoms with E-state index in [9.17, 15) is 0 Å². The van der Waals surface area contributed by atoms with Gasteiger partial charge in [-0.15, -0.1) is 0 Å². The number of aromatic nitrogens is 20. The Morgan fingerprint density at radius 1 is 0.460 bits per heavy atom. The second-order valence-corrected chi connectivity index (χ2v) is 25.9. The van der Waals surface area contributed by atoms with E-state index < -0.39 is 0 Å². The molecule has 0 aliphatic heterocycles. The van der Waals surface area contributed by atoms with Crippen molar-refractivity contribution in [2.24, 2.45) is 11.3 Å². The van der Waals surface area contributed by atoms with Gasteiger partial charge in [-0.3, -0.25) is 39.1 Å². The SMILES string of the molecule is CC1CCC(n2cc3c(N)nc4cc(-c5ccn[nH]5)ccc4c3n2)C1.CCC1(Cn2cc3c(N)nc4cc(-c5ccn[nH]5)ccc4c3n2)CC1.CCCOCCn1cc2c(N)nc3cc(-c4ccn[nH]4)ccc3c2n1.Nc1nc2cc(-c3ccn[nH]3)ccc2c2nn(CCOCCO)cc12. The Bertz CT molecular complexity index is 5350. The first-order chi connectivity index (χ1) is 48.9. The summed E-state index contributed by atoms with van der Waals surface area (Å²) in [6.45, 7) is 11.1. The summed E-state index contributed by atoms with van der Waals surface area (Å²) in [4.78, 5) is 18.3. The fourth-order valence-electron chi connectivity index (χ4n) is 13.4. The molecule has 2 fully saturated rings. The number of nitrogens with one attached hydrogen (secondary N) is 4. The molecule has 27 nitrogen and oxygen atoms in total. The van der Waals surface area contributed by atoms with E-state index in [2.05, 4.69) is 138 Å². The Balaban J connectivity index is 0.000000108. The van der Waals surface area contributed by atoms with Crippen LogP contribution in [0.3, 0.4) is 0 Å². The molecule has 0 spiro atoms. The van der Waals surface area contributed by atoms with Gasteiger partial charge in [-0.05, 0) is 129 Å². The number of pyridine rings is 4. The Kier molecular flexibility index (Phi) is 17.8. The zero-order valence-electron chi connectivity index (χ0n) is 55.8. The van der Waals surface area contributed by atoms with Crippen molar-refractivity contribution in [3.63, 3.8) is 0 Å². The van der Waals surface area contributed by atoms with E-state index in [-0.39, 0.29) is 6.61 Å². The average Bonchev–Trinajstić information content (AvgIpc) is 1.59. The van der Waals surface area contributed by atoms with Crippen molar-refractivity contribution in [1.29, 1.82) is 0 Å². The number of fused-ring (bicyclic) bond motifs is 12. The number of hydrogen-bond donors (Lipinski definition) is 9. The summed E-state index contributed by atoms with van der Waals surface area (Å²) >= 11 is 0. The third-order valence-electron chi connectivity index (χ3n) is 19.1. The number of aromatic amines is 4. The molecule has 0 saturated heterocycles. The molecule has 2 unspecified atom stereocenters. The number of hydrogen-bond acceptors (Lipinski definition) is 19. The highest BCUT2D eigenvalue weighted by Crippen LogP contribution is 2.50. The van der Waals surface area contributed by atoms with E-state index in [0.29, 0.717) is 67.6 Å². The van der Waals surface area contributed by atoms with Crippen LogP contribution in [0.25, 0.3) is 132 Å². The first-order valence-electron chi connectivity index (χ1n) is 33.9. The summed E-state index contributed by atoms with van der Waals surface area (Å²) in [7, 11) is 0. The van der Waals surface area contributed by atoms with Crippen LogP contribution in [0.15, 0.2) is 147 Å².